The van der Waals surface area contributed by atoms with Gasteiger partial charge in [-0.1, -0.05) is 11.6 Å². The maximum atomic E-state index is 11.7. The monoisotopic (exact) mass is 352 g/mol. The lowest BCUT2D eigenvalue weighted by molar-refractivity contribution is -0.122. The molecule has 0 saturated carbocycles. The summed E-state index contributed by atoms with van der Waals surface area (Å²) in [6.07, 6.45) is 0. The van der Waals surface area contributed by atoms with Crippen LogP contribution in [-0.2, 0) is 4.79 Å². The minimum atomic E-state index is -0.630. The summed E-state index contributed by atoms with van der Waals surface area (Å²) in [4.78, 5) is 34.5. The predicted molar refractivity (Wildman–Crippen MR) is 89.5 cm³/mol. The lowest BCUT2D eigenvalue weighted by atomic mass is 10.1. The molecule has 0 saturated heterocycles. The minimum Gasteiger partial charge on any atom is -0.482 e. The molecule has 0 atom stereocenters. The van der Waals surface area contributed by atoms with Crippen molar-refractivity contribution in [3.05, 3.63) is 39.2 Å². The molecule has 8 heteroatoms. The third-order valence-corrected chi connectivity index (χ3v) is 3.33. The smallest absolute Gasteiger partial charge is 0.336 e. The number of ether oxygens (including phenoxy) is 1. The molecule has 0 aliphatic carbocycles. The first kappa shape index (κ1) is 17.8. The number of hydrogen-bond acceptors (Lipinski definition) is 5. The number of urea groups is 1. The summed E-state index contributed by atoms with van der Waals surface area (Å²) < 4.78 is 10.4. The van der Waals surface area contributed by atoms with Crippen LogP contribution in [0.4, 0.5) is 4.79 Å². The first-order chi connectivity index (χ1) is 11.3. The van der Waals surface area contributed by atoms with E-state index in [9.17, 15) is 14.4 Å². The van der Waals surface area contributed by atoms with Gasteiger partial charge >= 0.3 is 11.7 Å². The Balaban J connectivity index is 2.10. The lowest BCUT2D eigenvalue weighted by Gasteiger charge is -2.11. The third-order valence-electron chi connectivity index (χ3n) is 3.04. The minimum absolute atomic E-state index is 0.0974. The molecule has 7 nitrogen and oxygen atoms in total. The van der Waals surface area contributed by atoms with E-state index in [4.69, 9.17) is 20.8 Å². The van der Waals surface area contributed by atoms with Gasteiger partial charge in [0, 0.05) is 23.6 Å². The van der Waals surface area contributed by atoms with Gasteiger partial charge in [0.05, 0.1) is 5.02 Å². The fourth-order valence-electron chi connectivity index (χ4n) is 2.03. The quantitative estimate of drug-likeness (QED) is 0.823. The van der Waals surface area contributed by atoms with Gasteiger partial charge in [-0.15, -0.1) is 0 Å². The zero-order valence-electron chi connectivity index (χ0n) is 13.4. The number of aryl methyl sites for hydroxylation is 1. The molecule has 0 radical (unpaired) electrons. The van der Waals surface area contributed by atoms with E-state index in [-0.39, 0.29) is 16.8 Å². The molecule has 0 fully saturated rings. The van der Waals surface area contributed by atoms with Crippen LogP contribution < -0.4 is 21.0 Å². The Morgan fingerprint density at radius 3 is 2.67 bits per heavy atom. The largest absolute Gasteiger partial charge is 0.482 e. The van der Waals surface area contributed by atoms with E-state index in [1.54, 1.807) is 26.8 Å². The van der Waals surface area contributed by atoms with E-state index < -0.39 is 24.2 Å². The maximum Gasteiger partial charge on any atom is 0.336 e. The highest BCUT2D eigenvalue weighted by atomic mass is 35.5. The van der Waals surface area contributed by atoms with Gasteiger partial charge in [-0.25, -0.2) is 9.59 Å². The van der Waals surface area contributed by atoms with E-state index in [2.05, 4.69) is 10.6 Å². The third kappa shape index (κ3) is 4.48. The van der Waals surface area contributed by atoms with Crippen LogP contribution in [0.25, 0.3) is 11.0 Å². The number of rotatable bonds is 4. The molecule has 2 rings (SSSR count). The zero-order valence-corrected chi connectivity index (χ0v) is 14.2. The number of nitrogens with one attached hydrogen (secondary N) is 2. The average molecular weight is 353 g/mol. The molecule has 0 bridgehead atoms. The Labute approximate surface area is 142 Å². The average Bonchev–Trinajstić information content (AvgIpc) is 2.45. The van der Waals surface area contributed by atoms with Crippen molar-refractivity contribution >= 4 is 34.5 Å². The van der Waals surface area contributed by atoms with Gasteiger partial charge in [-0.05, 0) is 32.4 Å². The van der Waals surface area contributed by atoms with Crippen LogP contribution in [0.2, 0.25) is 5.02 Å². The van der Waals surface area contributed by atoms with Gasteiger partial charge in [0.25, 0.3) is 5.91 Å². The summed E-state index contributed by atoms with van der Waals surface area (Å²) in [5.41, 5.74) is 0.534. The molecule has 1 aromatic heterocycles. The second kappa shape index (κ2) is 7.35. The van der Waals surface area contributed by atoms with Crippen LogP contribution >= 0.6 is 11.6 Å². The number of halogens is 1. The standard InChI is InChI=1S/C16H17ClN2O5/c1-8(2)18-16(22)19-14(20)7-23-13-6-12-10(5-11(13)17)9(3)4-15(21)24-12/h4-6,8H,7H2,1-3H3,(H2,18,19,20,22). The van der Waals surface area contributed by atoms with Crippen molar-refractivity contribution in [3.8, 4) is 5.75 Å². The Morgan fingerprint density at radius 2 is 2.00 bits per heavy atom. The summed E-state index contributed by atoms with van der Waals surface area (Å²) in [5.74, 6) is -0.452. The molecule has 3 amide bonds. The molecule has 1 aromatic carbocycles. The number of imide groups is 1. The van der Waals surface area contributed by atoms with Crippen LogP contribution in [0.15, 0.2) is 27.4 Å². The lowest BCUT2D eigenvalue weighted by Crippen LogP contribution is -2.44. The first-order valence-electron chi connectivity index (χ1n) is 7.23. The highest BCUT2D eigenvalue weighted by Gasteiger charge is 2.13. The second-order valence-electron chi connectivity index (χ2n) is 5.49. The van der Waals surface area contributed by atoms with E-state index in [1.165, 1.54) is 12.1 Å². The fraction of sp³-hybridized carbons (Fsp3) is 0.312. The van der Waals surface area contributed by atoms with Crippen LogP contribution in [0, 0.1) is 6.92 Å². The van der Waals surface area contributed by atoms with E-state index >= 15 is 0 Å². The van der Waals surface area contributed by atoms with Crippen molar-refractivity contribution in [2.45, 2.75) is 26.8 Å². The Hall–Kier alpha value is -2.54. The number of carbonyl (C=O) groups is 2. The van der Waals surface area contributed by atoms with Crippen LogP contribution in [0.1, 0.15) is 19.4 Å². The molecular weight excluding hydrogens is 336 g/mol. The Morgan fingerprint density at radius 1 is 1.29 bits per heavy atom. The van der Waals surface area contributed by atoms with Crippen molar-refractivity contribution in [2.75, 3.05) is 6.61 Å². The highest BCUT2D eigenvalue weighted by molar-refractivity contribution is 6.32. The van der Waals surface area contributed by atoms with Crippen molar-refractivity contribution in [1.29, 1.82) is 0 Å². The molecule has 1 heterocycles. The Bertz CT molecular complexity index is 844. The molecule has 0 aliphatic heterocycles. The fourth-order valence-corrected chi connectivity index (χ4v) is 2.25. The topological polar surface area (TPSA) is 97.6 Å². The van der Waals surface area contributed by atoms with Gasteiger partial charge in [-0.3, -0.25) is 10.1 Å². The van der Waals surface area contributed by atoms with Crippen LogP contribution in [0.3, 0.4) is 0 Å². The molecule has 0 aliphatic rings. The first-order valence-corrected chi connectivity index (χ1v) is 7.61. The molecule has 2 N–H and O–H groups in total. The van der Waals surface area contributed by atoms with Crippen LogP contribution in [-0.4, -0.2) is 24.6 Å². The van der Waals surface area contributed by atoms with Gasteiger partial charge in [0.15, 0.2) is 6.61 Å². The summed E-state index contributed by atoms with van der Waals surface area (Å²) in [5, 5.41) is 5.58. The van der Waals surface area contributed by atoms with Gasteiger partial charge in [-0.2, -0.15) is 0 Å². The number of carbonyl (C=O) groups excluding carboxylic acids is 2. The second-order valence-corrected chi connectivity index (χ2v) is 5.90. The summed E-state index contributed by atoms with van der Waals surface area (Å²) >= 11 is 6.12. The molecule has 128 valence electrons. The van der Waals surface area contributed by atoms with Gasteiger partial charge in [0.2, 0.25) is 0 Å². The van der Waals surface area contributed by atoms with Crippen molar-refractivity contribution < 1.29 is 18.7 Å². The van der Waals surface area contributed by atoms with E-state index in [0.29, 0.717) is 11.0 Å². The Kier molecular flexibility index (Phi) is 5.46. The highest BCUT2D eigenvalue weighted by Crippen LogP contribution is 2.30. The molecule has 0 spiro atoms. The summed E-state index contributed by atoms with van der Waals surface area (Å²) in [6, 6.07) is 3.69. The van der Waals surface area contributed by atoms with Crippen molar-refractivity contribution in [2.24, 2.45) is 0 Å². The van der Waals surface area contributed by atoms with Crippen molar-refractivity contribution in [3.63, 3.8) is 0 Å². The maximum absolute atomic E-state index is 11.7. The van der Waals surface area contributed by atoms with Gasteiger partial charge < -0.3 is 14.5 Å². The summed E-state index contributed by atoms with van der Waals surface area (Å²) in [6.45, 7) is 4.89. The molecule has 0 unspecified atom stereocenters. The van der Waals surface area contributed by atoms with Crippen molar-refractivity contribution in [1.82, 2.24) is 10.6 Å². The number of benzene rings is 1. The number of amides is 3. The molecular formula is C16H17ClN2O5. The molecule has 24 heavy (non-hydrogen) atoms. The SMILES string of the molecule is Cc1cc(=O)oc2cc(OCC(=O)NC(=O)NC(C)C)c(Cl)cc12. The zero-order chi connectivity index (χ0) is 17.9. The number of fused-ring (bicyclic) bond motifs is 1. The summed E-state index contributed by atoms with van der Waals surface area (Å²) in [7, 11) is 0. The normalized spacial score (nSPS) is 10.7. The van der Waals surface area contributed by atoms with Crippen LogP contribution in [0.5, 0.6) is 5.75 Å². The van der Waals surface area contributed by atoms with E-state index in [0.717, 1.165) is 5.56 Å². The molecule has 2 aromatic rings. The van der Waals surface area contributed by atoms with Gasteiger partial charge in [0.1, 0.15) is 11.3 Å². The van der Waals surface area contributed by atoms with E-state index in [1.807, 2.05) is 0 Å². The predicted octanol–water partition coefficient (Wildman–Crippen LogP) is 2.37. The number of hydrogen-bond donors (Lipinski definition) is 2.